The number of halogens is 2. The number of aromatic nitrogens is 4. The van der Waals surface area contributed by atoms with Crippen molar-refractivity contribution in [3.8, 4) is 16.9 Å². The van der Waals surface area contributed by atoms with Crippen molar-refractivity contribution in [3.05, 3.63) is 71.3 Å². The summed E-state index contributed by atoms with van der Waals surface area (Å²) in [5.41, 5.74) is 1.28. The Bertz CT molecular complexity index is 1620. The van der Waals surface area contributed by atoms with E-state index in [0.717, 1.165) is 17.7 Å². The number of aliphatic carboxylic acids is 1. The number of benzene rings is 1. The number of carboxylic acids is 1. The normalized spacial score (nSPS) is 18.2. The van der Waals surface area contributed by atoms with Gasteiger partial charge in [-0.15, -0.1) is 0 Å². The number of nitrogens with zero attached hydrogens (tertiary/aromatic N) is 5. The zero-order valence-electron chi connectivity index (χ0n) is 21.9. The lowest BCUT2D eigenvalue weighted by molar-refractivity contribution is -0.140. The molecule has 1 amide bonds. The molecule has 2 aliphatic rings. The Morgan fingerprint density at radius 1 is 1.18 bits per heavy atom. The molecule has 10 nitrogen and oxygen atoms in total. The first-order chi connectivity index (χ1) is 19.2. The average Bonchev–Trinajstić information content (AvgIpc) is 3.48. The van der Waals surface area contributed by atoms with Gasteiger partial charge < -0.3 is 23.9 Å². The van der Waals surface area contributed by atoms with E-state index < -0.39 is 35.2 Å². The molecule has 0 radical (unpaired) electrons. The van der Waals surface area contributed by atoms with Crippen molar-refractivity contribution in [1.29, 1.82) is 0 Å². The molecule has 1 saturated carbocycles. The Labute approximate surface area is 227 Å². The number of imidazole rings is 1. The maximum Gasteiger partial charge on any atom is 0.409 e. The Kier molecular flexibility index (Phi) is 6.29. The first kappa shape index (κ1) is 25.9. The van der Waals surface area contributed by atoms with Crippen LogP contribution in [0.15, 0.2) is 42.7 Å². The summed E-state index contributed by atoms with van der Waals surface area (Å²) in [6.07, 6.45) is 3.57. The van der Waals surface area contributed by atoms with E-state index in [0.29, 0.717) is 43.0 Å². The van der Waals surface area contributed by atoms with Crippen molar-refractivity contribution >= 4 is 17.7 Å². The molecule has 3 aromatic heterocycles. The molecular weight excluding hydrogens is 524 g/mol. The van der Waals surface area contributed by atoms with Crippen molar-refractivity contribution in [1.82, 2.24) is 24.1 Å². The topological polar surface area (TPSA) is 111 Å². The Hall–Kier alpha value is -4.32. The van der Waals surface area contributed by atoms with E-state index in [2.05, 4.69) is 10.1 Å². The number of hydrogen-bond acceptors (Lipinski definition) is 6. The van der Waals surface area contributed by atoms with Crippen molar-refractivity contribution in [3.63, 3.8) is 0 Å². The second-order valence-corrected chi connectivity index (χ2v) is 10.3. The summed E-state index contributed by atoms with van der Waals surface area (Å²) in [6.45, 7) is 2.85. The van der Waals surface area contributed by atoms with Crippen molar-refractivity contribution in [2.24, 2.45) is 0 Å². The molecule has 4 aromatic rings. The van der Waals surface area contributed by atoms with Crippen LogP contribution in [0, 0.1) is 18.6 Å². The van der Waals surface area contributed by atoms with Gasteiger partial charge in [-0.2, -0.15) is 5.10 Å². The number of fused-ring (bicyclic) bond motifs is 1. The predicted molar refractivity (Wildman–Crippen MR) is 138 cm³/mol. The third kappa shape index (κ3) is 4.37. The van der Waals surface area contributed by atoms with Gasteiger partial charge in [-0.25, -0.2) is 23.2 Å². The highest BCUT2D eigenvalue weighted by molar-refractivity contribution is 5.84. The fourth-order valence-electron chi connectivity index (χ4n) is 5.29. The summed E-state index contributed by atoms with van der Waals surface area (Å²) in [6, 6.07) is 7.57. The van der Waals surface area contributed by atoms with E-state index in [9.17, 15) is 14.7 Å². The first-order valence-corrected chi connectivity index (χ1v) is 12.9. The monoisotopic (exact) mass is 551 g/mol. The van der Waals surface area contributed by atoms with E-state index >= 15 is 8.78 Å². The molecule has 1 aromatic carbocycles. The second kappa shape index (κ2) is 9.70. The molecular formula is C28H27F2N5O5. The minimum Gasteiger partial charge on any atom is -0.481 e. The molecule has 1 aliphatic carbocycles. The van der Waals surface area contributed by atoms with Crippen LogP contribution in [0.4, 0.5) is 13.6 Å². The third-order valence-corrected chi connectivity index (χ3v) is 7.64. The summed E-state index contributed by atoms with van der Waals surface area (Å²) < 4.78 is 45.2. The Morgan fingerprint density at radius 2 is 1.93 bits per heavy atom. The molecule has 0 spiro atoms. The summed E-state index contributed by atoms with van der Waals surface area (Å²) in [4.78, 5) is 29.9. The zero-order chi connectivity index (χ0) is 28.2. The van der Waals surface area contributed by atoms with Gasteiger partial charge in [-0.1, -0.05) is 0 Å². The molecule has 1 aliphatic heterocycles. The average molecular weight is 552 g/mol. The quantitative estimate of drug-likeness (QED) is 0.387. The lowest BCUT2D eigenvalue weighted by Crippen LogP contribution is -2.46. The highest BCUT2D eigenvalue weighted by atomic mass is 19.1. The second-order valence-electron chi connectivity index (χ2n) is 10.3. The van der Waals surface area contributed by atoms with Gasteiger partial charge in [-0.3, -0.25) is 4.79 Å². The highest BCUT2D eigenvalue weighted by Crippen LogP contribution is 2.47. The van der Waals surface area contributed by atoms with Gasteiger partial charge in [0.1, 0.15) is 22.7 Å². The molecule has 208 valence electrons. The molecule has 1 atom stereocenters. The van der Waals surface area contributed by atoms with Crippen LogP contribution in [0.25, 0.3) is 22.6 Å². The lowest BCUT2D eigenvalue weighted by atomic mass is 10.0. The van der Waals surface area contributed by atoms with Crippen LogP contribution in [-0.4, -0.2) is 74.1 Å². The number of methoxy groups -OCH3 is 1. The van der Waals surface area contributed by atoms with Crippen LogP contribution in [0.2, 0.25) is 0 Å². The van der Waals surface area contributed by atoms with Gasteiger partial charge in [0.05, 0.1) is 54.7 Å². The number of amides is 1. The van der Waals surface area contributed by atoms with Crippen LogP contribution in [0.3, 0.4) is 0 Å². The van der Waals surface area contributed by atoms with Crippen LogP contribution < -0.4 is 0 Å². The summed E-state index contributed by atoms with van der Waals surface area (Å²) in [5, 5.41) is 13.9. The minimum atomic E-state index is -1.03. The van der Waals surface area contributed by atoms with Gasteiger partial charge in [0.2, 0.25) is 0 Å². The first-order valence-electron chi connectivity index (χ1n) is 12.9. The largest absolute Gasteiger partial charge is 0.481 e. The van der Waals surface area contributed by atoms with Gasteiger partial charge >= 0.3 is 12.1 Å². The highest BCUT2D eigenvalue weighted by Gasteiger charge is 2.53. The van der Waals surface area contributed by atoms with Crippen molar-refractivity contribution in [2.45, 2.75) is 37.7 Å². The SMILES string of the molecule is COC(=O)N1CCO[C@@H](Cc2c(-c3c(F)cc(-n4ccc(C5(C(=O)O)CC5)n4)cc3F)nc3cc(C)ccn23)C1. The summed E-state index contributed by atoms with van der Waals surface area (Å²) in [7, 11) is 1.31. The van der Waals surface area contributed by atoms with Gasteiger partial charge in [-0.05, 0) is 43.5 Å². The van der Waals surface area contributed by atoms with E-state index in [1.165, 1.54) is 22.9 Å². The van der Waals surface area contributed by atoms with Gasteiger partial charge in [0, 0.05) is 37.5 Å². The molecule has 0 unspecified atom stereocenters. The molecule has 2 fully saturated rings. The summed E-state index contributed by atoms with van der Waals surface area (Å²) in [5.74, 6) is -2.64. The zero-order valence-corrected chi connectivity index (χ0v) is 21.9. The molecule has 4 heterocycles. The fraction of sp³-hybridized carbons (Fsp3) is 0.357. The van der Waals surface area contributed by atoms with Crippen LogP contribution in [-0.2, 0) is 26.1 Å². The number of hydrogen-bond donors (Lipinski definition) is 1. The van der Waals surface area contributed by atoms with Crippen LogP contribution in [0.1, 0.15) is 29.8 Å². The van der Waals surface area contributed by atoms with Crippen molar-refractivity contribution in [2.75, 3.05) is 26.8 Å². The number of carbonyl (C=O) groups excluding carboxylic acids is 1. The molecule has 0 bridgehead atoms. The number of pyridine rings is 1. The van der Waals surface area contributed by atoms with Gasteiger partial charge in [0.25, 0.3) is 0 Å². The minimum absolute atomic E-state index is 0.122. The van der Waals surface area contributed by atoms with Crippen LogP contribution in [0.5, 0.6) is 0 Å². The number of rotatable bonds is 6. The Balaban J connectivity index is 1.38. The number of morpholine rings is 1. The standard InChI is InChI=1S/C28H27F2N5O5/c1-16-3-7-34-21(14-18-15-33(9-10-40-18)27(38)39-2)25(31-23(34)11-16)24-19(29)12-17(13-20(24)30)35-8-4-22(32-35)28(5-6-28)26(36)37/h3-4,7-8,11-13,18H,5-6,9-10,14-15H2,1-2H3,(H,36,37)/t18-/m0/s1. The Morgan fingerprint density at radius 3 is 2.60 bits per heavy atom. The number of ether oxygens (including phenoxy) is 2. The summed E-state index contributed by atoms with van der Waals surface area (Å²) >= 11 is 0. The third-order valence-electron chi connectivity index (χ3n) is 7.64. The molecule has 40 heavy (non-hydrogen) atoms. The van der Waals surface area contributed by atoms with Gasteiger partial charge in [0.15, 0.2) is 0 Å². The fourth-order valence-corrected chi connectivity index (χ4v) is 5.29. The predicted octanol–water partition coefficient (Wildman–Crippen LogP) is 3.90. The van der Waals surface area contributed by atoms with E-state index in [1.54, 1.807) is 16.7 Å². The van der Waals surface area contributed by atoms with E-state index in [1.807, 2.05) is 19.1 Å². The number of carboxylic acid groups (broad SMARTS) is 1. The molecule has 6 rings (SSSR count). The maximum absolute atomic E-state index is 15.7. The maximum atomic E-state index is 15.7. The van der Waals surface area contributed by atoms with E-state index in [-0.39, 0.29) is 29.9 Å². The van der Waals surface area contributed by atoms with Crippen molar-refractivity contribution < 1.29 is 33.0 Å². The molecule has 12 heteroatoms. The lowest BCUT2D eigenvalue weighted by Gasteiger charge is -2.32. The number of carbonyl (C=O) groups is 2. The smallest absolute Gasteiger partial charge is 0.409 e. The van der Waals surface area contributed by atoms with E-state index in [4.69, 9.17) is 9.47 Å². The molecule has 1 saturated heterocycles. The number of aryl methyl sites for hydroxylation is 1. The van der Waals surface area contributed by atoms with Crippen LogP contribution >= 0.6 is 0 Å². The molecule has 1 N–H and O–H groups in total.